The first kappa shape index (κ1) is 13.9. The lowest BCUT2D eigenvalue weighted by Crippen LogP contribution is -3.00. The van der Waals surface area contributed by atoms with Crippen LogP contribution < -0.4 is 18.1 Å². The fourth-order valence-electron chi connectivity index (χ4n) is 0.791. The van der Waals surface area contributed by atoms with Crippen LogP contribution in [0.25, 0.3) is 0 Å². The second-order valence-electron chi connectivity index (χ2n) is 2.40. The first-order valence-corrected chi connectivity index (χ1v) is 5.24. The van der Waals surface area contributed by atoms with Gasteiger partial charge in [0.05, 0.1) is 10.0 Å². The summed E-state index contributed by atoms with van der Waals surface area (Å²) in [5, 5.41) is 8.19. The highest BCUT2D eigenvalue weighted by atomic mass is 35.5. The summed E-state index contributed by atoms with van der Waals surface area (Å²) < 4.78 is 0. The number of rotatable bonds is 2. The molecule has 0 amide bonds. The summed E-state index contributed by atoms with van der Waals surface area (Å²) in [7, 11) is 0. The van der Waals surface area contributed by atoms with Crippen LogP contribution in [0.4, 0.5) is 0 Å². The van der Waals surface area contributed by atoms with E-state index in [1.54, 1.807) is 12.1 Å². The van der Waals surface area contributed by atoms with Crippen molar-refractivity contribution in [2.45, 2.75) is 5.75 Å². The highest BCUT2D eigenvalue weighted by Crippen LogP contribution is 2.24. The number of halogens is 3. The zero-order valence-corrected chi connectivity index (χ0v) is 10.1. The maximum Gasteiger partial charge on any atom is 0.151 e. The van der Waals surface area contributed by atoms with Gasteiger partial charge in [-0.15, -0.1) is 0 Å². The molecular weight excluding hydrogens is 263 g/mol. The predicted molar refractivity (Wildman–Crippen MR) is 59.7 cm³/mol. The molecule has 0 spiro atoms. The van der Waals surface area contributed by atoms with Crippen LogP contribution in [-0.4, -0.2) is 5.17 Å². The molecule has 2 nitrogen and oxygen atoms in total. The zero-order valence-electron chi connectivity index (χ0n) is 7.06. The summed E-state index contributed by atoms with van der Waals surface area (Å²) in [6.45, 7) is 0. The van der Waals surface area contributed by atoms with E-state index in [2.05, 4.69) is 0 Å². The van der Waals surface area contributed by atoms with E-state index in [1.807, 2.05) is 6.07 Å². The molecular formula is C8H8Cl3N2S-. The normalized spacial score (nSPS) is 9.29. The van der Waals surface area contributed by atoms with Crippen LogP contribution >= 0.6 is 35.0 Å². The van der Waals surface area contributed by atoms with Gasteiger partial charge in [-0.1, -0.05) is 41.0 Å². The molecule has 3 N–H and O–H groups in total. The minimum absolute atomic E-state index is 0. The highest BCUT2D eigenvalue weighted by Gasteiger charge is 2.00. The number of thioether (sulfide) groups is 1. The van der Waals surface area contributed by atoms with Crippen LogP contribution in [0.1, 0.15) is 5.56 Å². The molecule has 14 heavy (non-hydrogen) atoms. The molecule has 6 heteroatoms. The van der Waals surface area contributed by atoms with E-state index in [9.17, 15) is 0 Å². The molecule has 0 radical (unpaired) electrons. The molecule has 1 aromatic rings. The third-order valence-corrected chi connectivity index (χ3v) is 2.91. The third kappa shape index (κ3) is 4.42. The van der Waals surface area contributed by atoms with E-state index in [0.717, 1.165) is 5.56 Å². The quantitative estimate of drug-likeness (QED) is 0.593. The average Bonchev–Trinajstić information content (AvgIpc) is 2.07. The van der Waals surface area contributed by atoms with Crippen molar-refractivity contribution in [1.82, 2.24) is 0 Å². The molecule has 0 aromatic heterocycles. The minimum atomic E-state index is 0. The van der Waals surface area contributed by atoms with Crippen LogP contribution in [0.5, 0.6) is 0 Å². The van der Waals surface area contributed by atoms with E-state index >= 15 is 0 Å². The number of hydrogen-bond acceptors (Lipinski definition) is 2. The number of nitrogens with one attached hydrogen (secondary N) is 1. The van der Waals surface area contributed by atoms with Gasteiger partial charge >= 0.3 is 0 Å². The van der Waals surface area contributed by atoms with Gasteiger partial charge in [0.25, 0.3) is 0 Å². The van der Waals surface area contributed by atoms with Crippen LogP contribution in [0, 0.1) is 5.41 Å². The molecule has 78 valence electrons. The minimum Gasteiger partial charge on any atom is -1.00 e. The average molecular weight is 271 g/mol. The topological polar surface area (TPSA) is 49.9 Å². The van der Waals surface area contributed by atoms with Crippen LogP contribution in [0.2, 0.25) is 10.0 Å². The molecule has 1 rings (SSSR count). The Labute approximate surface area is 103 Å². The smallest absolute Gasteiger partial charge is 0.151 e. The van der Waals surface area contributed by atoms with Gasteiger partial charge in [-0.3, -0.25) is 5.41 Å². The Morgan fingerprint density at radius 3 is 2.50 bits per heavy atom. The lowest BCUT2D eigenvalue weighted by Gasteiger charge is -2.01. The summed E-state index contributed by atoms with van der Waals surface area (Å²) in [5.41, 5.74) is 6.20. The number of benzene rings is 1. The Bertz CT molecular complexity index is 330. The van der Waals surface area contributed by atoms with Crippen LogP contribution in [0.15, 0.2) is 18.2 Å². The van der Waals surface area contributed by atoms with Crippen LogP contribution in [-0.2, 0) is 5.75 Å². The monoisotopic (exact) mass is 269 g/mol. The maximum absolute atomic E-state index is 7.02. The molecule has 0 aliphatic carbocycles. The molecule has 0 heterocycles. The van der Waals surface area contributed by atoms with Gasteiger partial charge in [0.1, 0.15) is 0 Å². The highest BCUT2D eigenvalue weighted by molar-refractivity contribution is 8.13. The van der Waals surface area contributed by atoms with Crippen molar-refractivity contribution in [1.29, 1.82) is 5.41 Å². The number of hydrogen-bond donors (Lipinski definition) is 2. The van der Waals surface area contributed by atoms with Gasteiger partial charge in [-0.25, -0.2) is 0 Å². The molecule has 0 saturated carbocycles. The van der Waals surface area contributed by atoms with E-state index < -0.39 is 0 Å². The molecule has 1 aromatic carbocycles. The van der Waals surface area contributed by atoms with Crippen molar-refractivity contribution >= 4 is 40.1 Å². The second-order valence-corrected chi connectivity index (χ2v) is 4.23. The lowest BCUT2D eigenvalue weighted by molar-refractivity contribution is -0.00000278. The standard InChI is InChI=1S/C8H8Cl2N2S.ClH/c9-6-2-1-5(3-7(6)10)4-13-8(11)12;/h1-3H,4H2,(H3,11,12);1H/p-1. The first-order valence-electron chi connectivity index (χ1n) is 3.50. The van der Waals surface area contributed by atoms with Crippen molar-refractivity contribution in [3.8, 4) is 0 Å². The summed E-state index contributed by atoms with van der Waals surface area (Å²) in [5.74, 6) is 0.645. The first-order chi connectivity index (χ1) is 6.09. The molecule has 0 atom stereocenters. The van der Waals surface area contributed by atoms with Gasteiger partial charge in [0.2, 0.25) is 0 Å². The Hall–Kier alpha value is -0.0900. The molecule has 0 bridgehead atoms. The molecule has 0 fully saturated rings. The van der Waals surface area contributed by atoms with Gasteiger partial charge in [-0.2, -0.15) is 0 Å². The zero-order chi connectivity index (χ0) is 9.84. The Morgan fingerprint density at radius 1 is 1.36 bits per heavy atom. The van der Waals surface area contributed by atoms with Crippen molar-refractivity contribution in [2.75, 3.05) is 0 Å². The van der Waals surface area contributed by atoms with Gasteiger partial charge in [0.15, 0.2) is 5.17 Å². The molecule has 0 unspecified atom stereocenters. The number of nitrogens with two attached hydrogens (primary N) is 1. The van der Waals surface area contributed by atoms with Gasteiger partial charge in [-0.05, 0) is 17.7 Å². The van der Waals surface area contributed by atoms with Crippen molar-refractivity contribution in [3.63, 3.8) is 0 Å². The number of amidine groups is 1. The predicted octanol–water partition coefficient (Wildman–Crippen LogP) is 0.124. The summed E-state index contributed by atoms with van der Waals surface area (Å²) in [6, 6.07) is 5.38. The van der Waals surface area contributed by atoms with Gasteiger partial charge < -0.3 is 18.1 Å². The Balaban J connectivity index is 0.00000169. The second kappa shape index (κ2) is 6.40. The van der Waals surface area contributed by atoms with E-state index in [4.69, 9.17) is 34.3 Å². The lowest BCUT2D eigenvalue weighted by atomic mass is 10.2. The SMILES string of the molecule is N=C(N)SCc1ccc(Cl)c(Cl)c1.[Cl-]. The van der Waals surface area contributed by atoms with Crippen molar-refractivity contribution < 1.29 is 12.4 Å². The molecule has 0 aliphatic heterocycles. The Kier molecular flexibility index (Phi) is 6.36. The van der Waals surface area contributed by atoms with Gasteiger partial charge in [0, 0.05) is 5.75 Å². The van der Waals surface area contributed by atoms with Crippen molar-refractivity contribution in [3.05, 3.63) is 33.8 Å². The summed E-state index contributed by atoms with van der Waals surface area (Å²) >= 11 is 12.8. The summed E-state index contributed by atoms with van der Waals surface area (Å²) in [6.07, 6.45) is 0. The van der Waals surface area contributed by atoms with E-state index in [-0.39, 0.29) is 17.6 Å². The van der Waals surface area contributed by atoms with Crippen LogP contribution in [0.3, 0.4) is 0 Å². The Morgan fingerprint density at radius 2 is 2.00 bits per heavy atom. The molecule has 0 aliphatic rings. The summed E-state index contributed by atoms with van der Waals surface area (Å²) in [4.78, 5) is 0. The van der Waals surface area contributed by atoms with E-state index in [1.165, 1.54) is 11.8 Å². The van der Waals surface area contributed by atoms with E-state index in [0.29, 0.717) is 15.8 Å². The third-order valence-electron chi connectivity index (χ3n) is 1.38. The fraction of sp³-hybridized carbons (Fsp3) is 0.125. The fourth-order valence-corrected chi connectivity index (χ4v) is 1.61. The largest absolute Gasteiger partial charge is 1.00 e. The maximum atomic E-state index is 7.02. The van der Waals surface area contributed by atoms with Crippen molar-refractivity contribution in [2.24, 2.45) is 5.73 Å². The molecule has 0 saturated heterocycles.